The van der Waals surface area contributed by atoms with Crippen LogP contribution in [0.15, 0.2) is 22.7 Å². The Kier molecular flexibility index (Phi) is 4.45. The second kappa shape index (κ2) is 5.40. The molecule has 1 rings (SSSR count). The maximum absolute atomic E-state index is 5.89. The van der Waals surface area contributed by atoms with Crippen molar-refractivity contribution in [3.8, 4) is 0 Å². The van der Waals surface area contributed by atoms with Crippen LogP contribution in [0.3, 0.4) is 0 Å². The molecule has 0 heterocycles. The zero-order valence-electron chi connectivity index (χ0n) is 9.55. The number of benzene rings is 1. The van der Waals surface area contributed by atoms with Crippen molar-refractivity contribution < 1.29 is 0 Å². The first-order chi connectivity index (χ1) is 6.99. The number of hydrogen-bond donors (Lipinski definition) is 2. The third-order valence-electron chi connectivity index (χ3n) is 2.24. The van der Waals surface area contributed by atoms with Crippen LogP contribution in [0.2, 0.25) is 0 Å². The maximum atomic E-state index is 5.89. The summed E-state index contributed by atoms with van der Waals surface area (Å²) in [5.74, 6) is 0.695. The van der Waals surface area contributed by atoms with Crippen LogP contribution in [0.25, 0.3) is 0 Å². The molecule has 1 unspecified atom stereocenters. The Hall–Kier alpha value is -0.700. The average Bonchev–Trinajstić information content (AvgIpc) is 2.10. The molecule has 0 aliphatic carbocycles. The standard InChI is InChI=1S/C12H19BrN2/c1-8(2)6-9(3)15-12-7-10(13)4-5-11(12)14/h4-5,7-9,15H,6,14H2,1-3H3. The Morgan fingerprint density at radius 3 is 2.60 bits per heavy atom. The fraction of sp³-hybridized carbons (Fsp3) is 0.500. The van der Waals surface area contributed by atoms with Gasteiger partial charge in [-0.05, 0) is 37.5 Å². The van der Waals surface area contributed by atoms with Gasteiger partial charge in [0.2, 0.25) is 0 Å². The summed E-state index contributed by atoms with van der Waals surface area (Å²) in [4.78, 5) is 0. The van der Waals surface area contributed by atoms with Crippen molar-refractivity contribution in [3.05, 3.63) is 22.7 Å². The van der Waals surface area contributed by atoms with E-state index in [-0.39, 0.29) is 0 Å². The van der Waals surface area contributed by atoms with E-state index in [2.05, 4.69) is 42.0 Å². The number of nitrogen functional groups attached to an aromatic ring is 1. The largest absolute Gasteiger partial charge is 0.397 e. The number of nitrogens with two attached hydrogens (primary N) is 1. The van der Waals surface area contributed by atoms with E-state index >= 15 is 0 Å². The predicted octanol–water partition coefficient (Wildman–Crippen LogP) is 3.88. The van der Waals surface area contributed by atoms with E-state index in [0.29, 0.717) is 12.0 Å². The van der Waals surface area contributed by atoms with E-state index in [1.807, 2.05) is 18.2 Å². The Bertz CT molecular complexity index is 323. The summed E-state index contributed by atoms with van der Waals surface area (Å²) in [7, 11) is 0. The van der Waals surface area contributed by atoms with Crippen molar-refractivity contribution in [2.45, 2.75) is 33.2 Å². The van der Waals surface area contributed by atoms with Gasteiger partial charge >= 0.3 is 0 Å². The van der Waals surface area contributed by atoms with Gasteiger partial charge in [0.1, 0.15) is 0 Å². The van der Waals surface area contributed by atoms with Crippen LogP contribution in [0.1, 0.15) is 27.2 Å². The highest BCUT2D eigenvalue weighted by Crippen LogP contribution is 2.24. The van der Waals surface area contributed by atoms with E-state index < -0.39 is 0 Å². The minimum atomic E-state index is 0.446. The van der Waals surface area contributed by atoms with Crippen LogP contribution in [-0.2, 0) is 0 Å². The SMILES string of the molecule is CC(C)CC(C)Nc1cc(Br)ccc1N. The van der Waals surface area contributed by atoms with Gasteiger partial charge in [0.25, 0.3) is 0 Å². The summed E-state index contributed by atoms with van der Waals surface area (Å²) < 4.78 is 1.05. The molecule has 0 radical (unpaired) electrons. The van der Waals surface area contributed by atoms with Gasteiger partial charge in [-0.15, -0.1) is 0 Å². The Morgan fingerprint density at radius 1 is 1.33 bits per heavy atom. The van der Waals surface area contributed by atoms with E-state index in [9.17, 15) is 0 Å². The molecule has 1 aromatic carbocycles. The summed E-state index contributed by atoms with van der Waals surface area (Å²) in [5.41, 5.74) is 7.70. The lowest BCUT2D eigenvalue weighted by Gasteiger charge is -2.18. The monoisotopic (exact) mass is 270 g/mol. The smallest absolute Gasteiger partial charge is 0.0587 e. The summed E-state index contributed by atoms with van der Waals surface area (Å²) in [6, 6.07) is 6.33. The van der Waals surface area contributed by atoms with E-state index in [1.165, 1.54) is 0 Å². The first-order valence-electron chi connectivity index (χ1n) is 5.30. The molecule has 1 aromatic rings. The second-order valence-corrected chi connectivity index (χ2v) is 5.32. The van der Waals surface area contributed by atoms with Crippen LogP contribution in [-0.4, -0.2) is 6.04 Å². The minimum absolute atomic E-state index is 0.446. The lowest BCUT2D eigenvalue weighted by molar-refractivity contribution is 0.540. The fourth-order valence-electron chi connectivity index (χ4n) is 1.68. The van der Waals surface area contributed by atoms with Gasteiger partial charge in [0.05, 0.1) is 11.4 Å². The first kappa shape index (κ1) is 12.4. The van der Waals surface area contributed by atoms with Crippen LogP contribution in [0.5, 0.6) is 0 Å². The molecule has 0 saturated heterocycles. The molecule has 0 aliphatic heterocycles. The molecule has 2 nitrogen and oxygen atoms in total. The summed E-state index contributed by atoms with van der Waals surface area (Å²) in [6.45, 7) is 6.63. The molecule has 84 valence electrons. The lowest BCUT2D eigenvalue weighted by atomic mass is 10.0. The van der Waals surface area contributed by atoms with Crippen molar-refractivity contribution in [1.82, 2.24) is 0 Å². The molecule has 3 N–H and O–H groups in total. The van der Waals surface area contributed by atoms with Gasteiger partial charge in [0.15, 0.2) is 0 Å². The molecule has 0 fully saturated rings. The normalized spacial score (nSPS) is 12.9. The second-order valence-electron chi connectivity index (χ2n) is 4.41. The Morgan fingerprint density at radius 2 is 2.00 bits per heavy atom. The molecule has 0 amide bonds. The first-order valence-corrected chi connectivity index (χ1v) is 6.10. The number of anilines is 2. The van der Waals surface area contributed by atoms with Gasteiger partial charge in [-0.25, -0.2) is 0 Å². The minimum Gasteiger partial charge on any atom is -0.397 e. The number of rotatable bonds is 4. The average molecular weight is 271 g/mol. The van der Waals surface area contributed by atoms with E-state index in [4.69, 9.17) is 5.73 Å². The zero-order chi connectivity index (χ0) is 11.4. The van der Waals surface area contributed by atoms with Crippen LogP contribution in [0.4, 0.5) is 11.4 Å². The molecule has 1 atom stereocenters. The molecule has 0 aromatic heterocycles. The van der Waals surface area contributed by atoms with Gasteiger partial charge in [-0.3, -0.25) is 0 Å². The fourth-order valence-corrected chi connectivity index (χ4v) is 2.05. The summed E-state index contributed by atoms with van der Waals surface area (Å²) in [5, 5.41) is 3.43. The molecule has 0 saturated carbocycles. The van der Waals surface area contributed by atoms with E-state index in [0.717, 1.165) is 22.3 Å². The molecular formula is C12H19BrN2. The van der Waals surface area contributed by atoms with Crippen LogP contribution < -0.4 is 11.1 Å². The van der Waals surface area contributed by atoms with Crippen LogP contribution in [0, 0.1) is 5.92 Å². The molecule has 3 heteroatoms. The third kappa shape index (κ3) is 4.12. The lowest BCUT2D eigenvalue weighted by Crippen LogP contribution is -2.18. The third-order valence-corrected chi connectivity index (χ3v) is 2.74. The molecular weight excluding hydrogens is 252 g/mol. The van der Waals surface area contributed by atoms with Crippen molar-refractivity contribution in [1.29, 1.82) is 0 Å². The highest BCUT2D eigenvalue weighted by Gasteiger charge is 2.07. The van der Waals surface area contributed by atoms with Gasteiger partial charge < -0.3 is 11.1 Å². The molecule has 15 heavy (non-hydrogen) atoms. The Balaban J connectivity index is 2.67. The highest BCUT2D eigenvalue weighted by atomic mass is 79.9. The predicted molar refractivity (Wildman–Crippen MR) is 71.1 cm³/mol. The van der Waals surface area contributed by atoms with E-state index in [1.54, 1.807) is 0 Å². The quantitative estimate of drug-likeness (QED) is 0.815. The summed E-state index contributed by atoms with van der Waals surface area (Å²) in [6.07, 6.45) is 1.14. The van der Waals surface area contributed by atoms with Crippen LogP contribution >= 0.6 is 15.9 Å². The van der Waals surface area contributed by atoms with Crippen molar-refractivity contribution >= 4 is 27.3 Å². The zero-order valence-corrected chi connectivity index (χ0v) is 11.1. The van der Waals surface area contributed by atoms with Crippen molar-refractivity contribution in [2.24, 2.45) is 5.92 Å². The van der Waals surface area contributed by atoms with Crippen molar-refractivity contribution in [2.75, 3.05) is 11.1 Å². The molecule has 0 aliphatic rings. The number of halogens is 1. The number of nitrogens with one attached hydrogen (secondary N) is 1. The Labute approximate surface area is 100 Å². The van der Waals surface area contributed by atoms with Gasteiger partial charge in [-0.1, -0.05) is 29.8 Å². The molecule has 0 bridgehead atoms. The topological polar surface area (TPSA) is 38.0 Å². The van der Waals surface area contributed by atoms with Gasteiger partial charge in [-0.2, -0.15) is 0 Å². The van der Waals surface area contributed by atoms with Gasteiger partial charge in [0, 0.05) is 10.5 Å². The highest BCUT2D eigenvalue weighted by molar-refractivity contribution is 9.10. The summed E-state index contributed by atoms with van der Waals surface area (Å²) >= 11 is 3.44. The van der Waals surface area contributed by atoms with Crippen molar-refractivity contribution in [3.63, 3.8) is 0 Å². The molecule has 0 spiro atoms. The maximum Gasteiger partial charge on any atom is 0.0587 e. The number of hydrogen-bond acceptors (Lipinski definition) is 2.